The molecule has 1 rings (SSSR count). The van der Waals surface area contributed by atoms with Gasteiger partial charge >= 0.3 is 14.4 Å². The Labute approximate surface area is 103 Å². The molecular formula is C8H6BrF3O4P+. The number of alkyl halides is 2. The number of hydrogen-bond acceptors (Lipinski definition) is 3. The summed E-state index contributed by atoms with van der Waals surface area (Å²) in [5.41, 5.74) is -1.13. The van der Waals surface area contributed by atoms with Crippen LogP contribution in [0.25, 0.3) is 0 Å². The molecular weight excluding hydrogens is 328 g/mol. The van der Waals surface area contributed by atoms with E-state index >= 15 is 0 Å². The summed E-state index contributed by atoms with van der Waals surface area (Å²) >= 11 is 2.73. The summed E-state index contributed by atoms with van der Waals surface area (Å²) in [7, 11) is -3.54. The zero-order valence-corrected chi connectivity index (χ0v) is 10.5. The highest BCUT2D eigenvalue weighted by atomic mass is 79.9. The van der Waals surface area contributed by atoms with Gasteiger partial charge in [-0.1, -0.05) is 15.9 Å². The Balaban J connectivity index is 3.22. The predicted molar refractivity (Wildman–Crippen MR) is 54.8 cm³/mol. The maximum absolute atomic E-state index is 13.3. The Kier molecular flexibility index (Phi) is 4.62. The zero-order chi connectivity index (χ0) is 13.2. The number of rotatable bonds is 4. The molecule has 0 saturated heterocycles. The second kappa shape index (κ2) is 5.41. The summed E-state index contributed by atoms with van der Waals surface area (Å²) in [5, 5.41) is 8.72. The van der Waals surface area contributed by atoms with Crippen LogP contribution < -0.4 is 0 Å². The molecule has 94 valence electrons. The van der Waals surface area contributed by atoms with Crippen molar-refractivity contribution in [2.24, 2.45) is 0 Å². The van der Waals surface area contributed by atoms with Crippen molar-refractivity contribution in [2.75, 3.05) is 0 Å². The molecule has 17 heavy (non-hydrogen) atoms. The fourth-order valence-electron chi connectivity index (χ4n) is 1.08. The van der Waals surface area contributed by atoms with Crippen LogP contribution in [0, 0.1) is 5.82 Å². The van der Waals surface area contributed by atoms with Gasteiger partial charge in [0.2, 0.25) is 0 Å². The smallest absolute Gasteiger partial charge is 0.392 e. The lowest BCUT2D eigenvalue weighted by Gasteiger charge is -2.12. The van der Waals surface area contributed by atoms with E-state index in [0.29, 0.717) is 6.07 Å². The van der Waals surface area contributed by atoms with Crippen molar-refractivity contribution >= 4 is 24.2 Å². The number of aliphatic hydroxyl groups excluding tert-OH is 1. The van der Waals surface area contributed by atoms with E-state index in [0.717, 1.165) is 6.07 Å². The molecule has 9 heteroatoms. The number of benzene rings is 1. The Hall–Kier alpha value is -0.530. The van der Waals surface area contributed by atoms with E-state index < -0.39 is 32.4 Å². The molecule has 0 aliphatic heterocycles. The van der Waals surface area contributed by atoms with Crippen molar-refractivity contribution in [1.82, 2.24) is 0 Å². The molecule has 0 radical (unpaired) electrons. The van der Waals surface area contributed by atoms with Crippen molar-refractivity contribution in [1.29, 1.82) is 0 Å². The molecule has 1 aromatic rings. The van der Waals surface area contributed by atoms with Gasteiger partial charge in [-0.3, -0.25) is 0 Å². The van der Waals surface area contributed by atoms with Gasteiger partial charge in [0.05, 0.1) is 12.2 Å². The largest absolute Gasteiger partial charge is 0.701 e. The molecule has 0 spiro atoms. The first kappa shape index (κ1) is 14.5. The van der Waals surface area contributed by atoms with Gasteiger partial charge in [0, 0.05) is 14.6 Å². The third-order valence-electron chi connectivity index (χ3n) is 1.81. The molecule has 2 N–H and O–H groups in total. The highest BCUT2D eigenvalue weighted by molar-refractivity contribution is 9.10. The van der Waals surface area contributed by atoms with Crippen LogP contribution in [0.2, 0.25) is 0 Å². The summed E-state index contributed by atoms with van der Waals surface area (Å²) in [5.74, 6) is -1.07. The minimum Gasteiger partial charge on any atom is -0.392 e. The summed E-state index contributed by atoms with van der Waals surface area (Å²) < 4.78 is 53.2. The van der Waals surface area contributed by atoms with Gasteiger partial charge in [-0.15, -0.1) is 4.89 Å². The number of hydrogen-bond donors (Lipinski definition) is 2. The van der Waals surface area contributed by atoms with Gasteiger partial charge in [-0.05, 0) is 16.7 Å². The molecule has 0 aliphatic carbocycles. The lowest BCUT2D eigenvalue weighted by atomic mass is 10.1. The highest BCUT2D eigenvalue weighted by Gasteiger charge is 2.45. The quantitative estimate of drug-likeness (QED) is 0.831. The molecule has 1 atom stereocenters. The molecule has 4 nitrogen and oxygen atoms in total. The van der Waals surface area contributed by atoms with Crippen LogP contribution in [0.4, 0.5) is 13.2 Å². The standard InChI is InChI=1S/C8H5BrF3O4P/c9-6-1-4(3-13)7(10)2-5(6)8(11,12)16-17(14)15/h1-2,13H,3H2/p+1. The first-order valence-corrected chi connectivity index (χ1v) is 6.02. The molecule has 0 amide bonds. The Morgan fingerprint density at radius 1 is 1.47 bits per heavy atom. The topological polar surface area (TPSA) is 66.8 Å². The molecule has 0 fully saturated rings. The minimum atomic E-state index is -4.12. The van der Waals surface area contributed by atoms with Crippen LogP contribution in [0.3, 0.4) is 0 Å². The Bertz CT molecular complexity index is 455. The molecule has 1 unspecified atom stereocenters. The normalized spacial score (nSPS) is 12.7. The van der Waals surface area contributed by atoms with Crippen molar-refractivity contribution in [3.63, 3.8) is 0 Å². The van der Waals surface area contributed by atoms with E-state index in [-0.39, 0.29) is 10.0 Å². The van der Waals surface area contributed by atoms with Gasteiger partial charge in [-0.2, -0.15) is 8.78 Å². The van der Waals surface area contributed by atoms with Crippen molar-refractivity contribution in [3.8, 4) is 0 Å². The van der Waals surface area contributed by atoms with Crippen molar-refractivity contribution < 1.29 is 32.3 Å². The highest BCUT2D eigenvalue weighted by Crippen LogP contribution is 2.41. The van der Waals surface area contributed by atoms with E-state index in [9.17, 15) is 17.7 Å². The summed E-state index contributed by atoms with van der Waals surface area (Å²) in [4.78, 5) is 8.27. The first-order valence-electron chi connectivity index (χ1n) is 4.10. The third kappa shape index (κ3) is 3.46. The average Bonchev–Trinajstić information content (AvgIpc) is 2.18. The number of aliphatic hydroxyl groups is 1. The fourth-order valence-corrected chi connectivity index (χ4v) is 2.00. The molecule has 0 aliphatic rings. The van der Waals surface area contributed by atoms with Crippen LogP contribution in [-0.4, -0.2) is 10.00 Å². The lowest BCUT2D eigenvalue weighted by Crippen LogP contribution is -2.16. The van der Waals surface area contributed by atoms with Crippen molar-refractivity contribution in [3.05, 3.63) is 33.5 Å². The van der Waals surface area contributed by atoms with Gasteiger partial charge < -0.3 is 5.11 Å². The van der Waals surface area contributed by atoms with Gasteiger partial charge in [0.25, 0.3) is 0 Å². The maximum atomic E-state index is 13.3. The van der Waals surface area contributed by atoms with Crippen LogP contribution >= 0.6 is 24.2 Å². The summed E-state index contributed by atoms with van der Waals surface area (Å²) in [6, 6.07) is 1.36. The lowest BCUT2D eigenvalue weighted by molar-refractivity contribution is -0.186. The second-order valence-corrected chi connectivity index (χ2v) is 4.44. The van der Waals surface area contributed by atoms with Gasteiger partial charge in [0.15, 0.2) is 0 Å². The maximum Gasteiger partial charge on any atom is 0.701 e. The molecule has 1 aromatic carbocycles. The second-order valence-electron chi connectivity index (χ2n) is 2.93. The Morgan fingerprint density at radius 3 is 2.53 bits per heavy atom. The van der Waals surface area contributed by atoms with Crippen LogP contribution in [-0.2, 0) is 21.8 Å². The van der Waals surface area contributed by atoms with E-state index in [1.165, 1.54) is 0 Å². The van der Waals surface area contributed by atoms with Crippen molar-refractivity contribution in [2.45, 2.75) is 12.7 Å². The van der Waals surface area contributed by atoms with Gasteiger partial charge in [-0.25, -0.2) is 4.39 Å². The van der Waals surface area contributed by atoms with E-state index in [1.807, 2.05) is 0 Å². The number of halogens is 4. The average molecular weight is 334 g/mol. The summed E-state index contributed by atoms with van der Waals surface area (Å²) in [6.45, 7) is -0.661. The van der Waals surface area contributed by atoms with E-state index in [2.05, 4.69) is 20.5 Å². The zero-order valence-electron chi connectivity index (χ0n) is 8.03. The van der Waals surface area contributed by atoms with Crippen LogP contribution in [0.15, 0.2) is 16.6 Å². The molecule has 0 heterocycles. The van der Waals surface area contributed by atoms with E-state index in [4.69, 9.17) is 10.00 Å². The molecule has 0 aromatic heterocycles. The minimum absolute atomic E-state index is 0.190. The van der Waals surface area contributed by atoms with Gasteiger partial charge in [0.1, 0.15) is 5.82 Å². The van der Waals surface area contributed by atoms with Crippen LogP contribution in [0.5, 0.6) is 0 Å². The fraction of sp³-hybridized carbons (Fsp3) is 0.250. The van der Waals surface area contributed by atoms with Crippen LogP contribution in [0.1, 0.15) is 11.1 Å². The summed E-state index contributed by atoms with van der Waals surface area (Å²) in [6.07, 6.45) is -4.12. The van der Waals surface area contributed by atoms with E-state index in [1.54, 1.807) is 0 Å². The third-order valence-corrected chi connectivity index (χ3v) is 2.85. The SMILES string of the molecule is O=[P+](O)OC(F)(F)c1cc(F)c(CO)cc1Br. The monoisotopic (exact) mass is 333 g/mol. The molecule has 0 saturated carbocycles. The molecule has 0 bridgehead atoms. The predicted octanol–water partition coefficient (Wildman–Crippen LogP) is 2.80. The Morgan fingerprint density at radius 2 is 2.06 bits per heavy atom. The first-order chi connectivity index (χ1) is 7.77.